The van der Waals surface area contributed by atoms with Gasteiger partial charge in [0, 0.05) is 6.54 Å². The molecule has 0 aliphatic heterocycles. The number of halogens is 3. The zero-order chi connectivity index (χ0) is 21.4. The molecule has 30 heavy (non-hydrogen) atoms. The monoisotopic (exact) mass is 433 g/mol. The minimum Gasteiger partial charge on any atom is -0.355 e. The van der Waals surface area contributed by atoms with Gasteiger partial charge in [-0.15, -0.1) is 0 Å². The number of aryl methyl sites for hydroxylation is 1. The van der Waals surface area contributed by atoms with Gasteiger partial charge in [0.05, 0.1) is 17.6 Å². The van der Waals surface area contributed by atoms with E-state index in [1.54, 1.807) is 30.3 Å². The van der Waals surface area contributed by atoms with Crippen LogP contribution in [0.2, 0.25) is 0 Å². The molecule has 0 fully saturated rings. The van der Waals surface area contributed by atoms with Crippen LogP contribution in [0.1, 0.15) is 12.0 Å². The number of hydrogen-bond acceptors (Lipinski definition) is 3. The van der Waals surface area contributed by atoms with Crippen molar-refractivity contribution in [3.8, 4) is 11.3 Å². The van der Waals surface area contributed by atoms with Gasteiger partial charge in [0.1, 0.15) is 6.54 Å². The van der Waals surface area contributed by atoms with Crippen LogP contribution in [0, 0.1) is 0 Å². The second kappa shape index (κ2) is 10.3. The lowest BCUT2D eigenvalue weighted by atomic mass is 10.1. The molecular weight excluding hydrogens is 411 g/mol. The van der Waals surface area contributed by atoms with E-state index >= 15 is 0 Å². The standard InChI is InChI=1S/C22H22F3N3OS/c23-22(24,25)16-28-19(18-11-5-2-6-12-18)14-27-21(28)30-15-20(29)26-13-7-10-17-8-3-1-4-9-17/h1-6,8-9,11-12,14H,7,10,13,15-16H2,(H,26,29). The number of hydrogen-bond donors (Lipinski definition) is 1. The van der Waals surface area contributed by atoms with Gasteiger partial charge in [-0.2, -0.15) is 13.2 Å². The average molecular weight is 433 g/mol. The van der Waals surface area contributed by atoms with Crippen LogP contribution in [-0.2, 0) is 17.8 Å². The van der Waals surface area contributed by atoms with E-state index in [1.165, 1.54) is 11.8 Å². The van der Waals surface area contributed by atoms with E-state index in [-0.39, 0.29) is 16.8 Å². The van der Waals surface area contributed by atoms with Crippen LogP contribution in [-0.4, -0.2) is 33.9 Å². The largest absolute Gasteiger partial charge is 0.406 e. The Balaban J connectivity index is 1.56. The second-order valence-electron chi connectivity index (χ2n) is 6.72. The molecule has 0 unspecified atom stereocenters. The third kappa shape index (κ3) is 6.66. The summed E-state index contributed by atoms with van der Waals surface area (Å²) in [5.74, 6) is -0.218. The predicted octanol–water partition coefficient (Wildman–Crippen LogP) is 4.95. The summed E-state index contributed by atoms with van der Waals surface area (Å²) >= 11 is 1.01. The number of rotatable bonds is 9. The first-order valence-electron chi connectivity index (χ1n) is 9.53. The molecule has 0 saturated carbocycles. The highest BCUT2D eigenvalue weighted by Gasteiger charge is 2.31. The van der Waals surface area contributed by atoms with Crippen molar-refractivity contribution in [2.75, 3.05) is 12.3 Å². The fraction of sp³-hybridized carbons (Fsp3) is 0.273. The van der Waals surface area contributed by atoms with Crippen LogP contribution in [0.4, 0.5) is 13.2 Å². The number of imidazole rings is 1. The first-order chi connectivity index (χ1) is 14.4. The van der Waals surface area contributed by atoms with Crippen molar-refractivity contribution < 1.29 is 18.0 Å². The molecule has 0 aliphatic carbocycles. The Morgan fingerprint density at radius 3 is 2.37 bits per heavy atom. The minimum absolute atomic E-state index is 0.00837. The molecule has 0 aliphatic rings. The maximum atomic E-state index is 13.1. The van der Waals surface area contributed by atoms with Gasteiger partial charge in [-0.05, 0) is 24.0 Å². The van der Waals surface area contributed by atoms with E-state index in [9.17, 15) is 18.0 Å². The quantitative estimate of drug-likeness (QED) is 0.384. The van der Waals surface area contributed by atoms with Crippen molar-refractivity contribution in [2.24, 2.45) is 0 Å². The van der Waals surface area contributed by atoms with Gasteiger partial charge in [-0.3, -0.25) is 4.79 Å². The smallest absolute Gasteiger partial charge is 0.355 e. The Bertz CT molecular complexity index is 943. The summed E-state index contributed by atoms with van der Waals surface area (Å²) in [6, 6.07) is 18.7. The van der Waals surface area contributed by atoms with E-state index < -0.39 is 12.7 Å². The Kier molecular flexibility index (Phi) is 7.57. The summed E-state index contributed by atoms with van der Waals surface area (Å²) in [7, 11) is 0. The molecule has 8 heteroatoms. The van der Waals surface area contributed by atoms with Gasteiger partial charge in [-0.1, -0.05) is 72.4 Å². The summed E-state index contributed by atoms with van der Waals surface area (Å²) in [5.41, 5.74) is 2.22. The first-order valence-corrected chi connectivity index (χ1v) is 10.5. The van der Waals surface area contributed by atoms with Crippen LogP contribution in [0.15, 0.2) is 72.0 Å². The summed E-state index contributed by atoms with van der Waals surface area (Å²) in [6.07, 6.45) is -1.33. The lowest BCUT2D eigenvalue weighted by Gasteiger charge is -2.14. The van der Waals surface area contributed by atoms with Gasteiger partial charge in [0.2, 0.25) is 5.91 Å². The highest BCUT2D eigenvalue weighted by atomic mass is 32.2. The summed E-state index contributed by atoms with van der Waals surface area (Å²) < 4.78 is 40.4. The van der Waals surface area contributed by atoms with Crippen LogP contribution in [0.5, 0.6) is 0 Å². The molecule has 1 heterocycles. The maximum absolute atomic E-state index is 13.1. The fourth-order valence-corrected chi connectivity index (χ4v) is 3.80. The van der Waals surface area contributed by atoms with Gasteiger partial charge >= 0.3 is 6.18 Å². The SMILES string of the molecule is O=C(CSc1ncc(-c2ccccc2)n1CC(F)(F)F)NCCCc1ccccc1. The Labute approximate surface area is 177 Å². The lowest BCUT2D eigenvalue weighted by molar-refractivity contribution is -0.141. The van der Waals surface area contributed by atoms with Crippen molar-refractivity contribution in [1.29, 1.82) is 0 Å². The number of nitrogens with zero attached hydrogens (tertiary/aromatic N) is 2. The van der Waals surface area contributed by atoms with Crippen LogP contribution < -0.4 is 5.32 Å². The fourth-order valence-electron chi connectivity index (χ4n) is 2.99. The molecule has 0 spiro atoms. The molecule has 0 saturated heterocycles. The molecular formula is C22H22F3N3OS. The molecule has 0 atom stereocenters. The molecule has 4 nitrogen and oxygen atoms in total. The number of thioether (sulfide) groups is 1. The topological polar surface area (TPSA) is 46.9 Å². The Morgan fingerprint density at radius 2 is 1.70 bits per heavy atom. The maximum Gasteiger partial charge on any atom is 0.406 e. The molecule has 0 radical (unpaired) electrons. The summed E-state index contributed by atoms with van der Waals surface area (Å²) in [6.45, 7) is -0.640. The normalized spacial score (nSPS) is 11.4. The van der Waals surface area contributed by atoms with E-state index in [4.69, 9.17) is 0 Å². The zero-order valence-electron chi connectivity index (χ0n) is 16.2. The molecule has 1 N–H and O–H groups in total. The summed E-state index contributed by atoms with van der Waals surface area (Å²) in [4.78, 5) is 16.2. The van der Waals surface area contributed by atoms with Crippen molar-refractivity contribution in [3.63, 3.8) is 0 Å². The Morgan fingerprint density at radius 1 is 1.03 bits per heavy atom. The second-order valence-corrected chi connectivity index (χ2v) is 7.66. The number of carbonyl (C=O) groups is 1. The number of amides is 1. The molecule has 1 amide bonds. The molecule has 2 aromatic carbocycles. The van der Waals surface area contributed by atoms with E-state index in [0.717, 1.165) is 29.2 Å². The molecule has 3 rings (SSSR count). The van der Waals surface area contributed by atoms with Gasteiger partial charge < -0.3 is 9.88 Å². The Hall–Kier alpha value is -2.74. The van der Waals surface area contributed by atoms with Crippen molar-refractivity contribution in [3.05, 3.63) is 72.4 Å². The molecule has 3 aromatic rings. The third-order valence-electron chi connectivity index (χ3n) is 4.37. The highest BCUT2D eigenvalue weighted by molar-refractivity contribution is 7.99. The summed E-state index contributed by atoms with van der Waals surface area (Å²) in [5, 5.41) is 2.98. The lowest BCUT2D eigenvalue weighted by Crippen LogP contribution is -2.26. The van der Waals surface area contributed by atoms with Crippen LogP contribution >= 0.6 is 11.8 Å². The minimum atomic E-state index is -4.39. The highest BCUT2D eigenvalue weighted by Crippen LogP contribution is 2.29. The van der Waals surface area contributed by atoms with E-state index in [1.807, 2.05) is 30.3 Å². The van der Waals surface area contributed by atoms with E-state index in [2.05, 4.69) is 10.3 Å². The predicted molar refractivity (Wildman–Crippen MR) is 112 cm³/mol. The van der Waals surface area contributed by atoms with Crippen molar-refractivity contribution >= 4 is 17.7 Å². The zero-order valence-corrected chi connectivity index (χ0v) is 17.0. The number of nitrogens with one attached hydrogen (secondary N) is 1. The third-order valence-corrected chi connectivity index (χ3v) is 5.36. The first kappa shape index (κ1) is 22.0. The number of aromatic nitrogens is 2. The van der Waals surface area contributed by atoms with Crippen molar-refractivity contribution in [2.45, 2.75) is 30.7 Å². The van der Waals surface area contributed by atoms with Gasteiger partial charge in [0.25, 0.3) is 0 Å². The van der Waals surface area contributed by atoms with E-state index in [0.29, 0.717) is 17.8 Å². The number of carbonyl (C=O) groups excluding carboxylic acids is 1. The molecule has 158 valence electrons. The number of benzene rings is 2. The van der Waals surface area contributed by atoms with Gasteiger partial charge in [-0.25, -0.2) is 4.98 Å². The molecule has 1 aromatic heterocycles. The van der Waals surface area contributed by atoms with Crippen LogP contribution in [0.25, 0.3) is 11.3 Å². The van der Waals surface area contributed by atoms with Crippen LogP contribution in [0.3, 0.4) is 0 Å². The average Bonchev–Trinajstić information content (AvgIpc) is 3.12. The number of alkyl halides is 3. The molecule has 0 bridgehead atoms. The van der Waals surface area contributed by atoms with Gasteiger partial charge in [0.15, 0.2) is 5.16 Å². The van der Waals surface area contributed by atoms with Crippen molar-refractivity contribution in [1.82, 2.24) is 14.9 Å².